The number of hydrogen-bond acceptors (Lipinski definition) is 3. The second kappa shape index (κ2) is 5.54. The molecule has 0 amide bonds. The van der Waals surface area contributed by atoms with Crippen LogP contribution in [0, 0.1) is 13.8 Å². The molecule has 0 atom stereocenters. The average molecular weight is 306 g/mol. The Kier molecular flexibility index (Phi) is 3.76. The standard InChI is InChI=1S/C15H16ClN3S/c1-10-7-12(20-11(10)2)9-19-14-4-6-17-8-13(14)18-15(19)3-5-16/h4,6-8H,3,5,9H2,1-2H3. The number of halogens is 1. The summed E-state index contributed by atoms with van der Waals surface area (Å²) in [7, 11) is 0. The molecule has 0 radical (unpaired) electrons. The predicted octanol–water partition coefficient (Wildman–Crippen LogP) is 3.94. The number of thiophene rings is 1. The van der Waals surface area contributed by atoms with E-state index in [1.165, 1.54) is 15.3 Å². The molecule has 104 valence electrons. The van der Waals surface area contributed by atoms with Gasteiger partial charge in [0, 0.05) is 28.3 Å². The second-order valence-electron chi connectivity index (χ2n) is 4.87. The van der Waals surface area contributed by atoms with Gasteiger partial charge in [-0.2, -0.15) is 0 Å². The van der Waals surface area contributed by atoms with Gasteiger partial charge in [-0.1, -0.05) is 0 Å². The van der Waals surface area contributed by atoms with Crippen LogP contribution in [0.15, 0.2) is 24.5 Å². The van der Waals surface area contributed by atoms with E-state index in [0.717, 1.165) is 29.8 Å². The summed E-state index contributed by atoms with van der Waals surface area (Å²) in [6.45, 7) is 5.18. The zero-order valence-corrected chi connectivity index (χ0v) is 13.1. The van der Waals surface area contributed by atoms with Gasteiger partial charge in [-0.15, -0.1) is 22.9 Å². The lowest BCUT2D eigenvalue weighted by atomic mass is 10.3. The SMILES string of the molecule is Cc1cc(Cn2c(CCCl)nc3cnccc32)sc1C. The first kappa shape index (κ1) is 13.6. The van der Waals surface area contributed by atoms with Crippen LogP contribution < -0.4 is 0 Å². The van der Waals surface area contributed by atoms with Crippen LogP contribution in [0.3, 0.4) is 0 Å². The molecule has 0 unspecified atom stereocenters. The average Bonchev–Trinajstić information content (AvgIpc) is 2.93. The van der Waals surface area contributed by atoms with Crippen molar-refractivity contribution >= 4 is 34.0 Å². The number of rotatable bonds is 4. The van der Waals surface area contributed by atoms with Crippen molar-refractivity contribution in [2.24, 2.45) is 0 Å². The van der Waals surface area contributed by atoms with Crippen LogP contribution in [0.5, 0.6) is 0 Å². The molecule has 20 heavy (non-hydrogen) atoms. The van der Waals surface area contributed by atoms with Crippen LogP contribution in [-0.4, -0.2) is 20.4 Å². The van der Waals surface area contributed by atoms with E-state index in [0.29, 0.717) is 5.88 Å². The van der Waals surface area contributed by atoms with Gasteiger partial charge in [0.15, 0.2) is 0 Å². The van der Waals surface area contributed by atoms with Crippen LogP contribution >= 0.6 is 22.9 Å². The molecule has 0 aliphatic heterocycles. The molecule has 0 aliphatic rings. The smallest absolute Gasteiger partial charge is 0.111 e. The van der Waals surface area contributed by atoms with Crippen molar-refractivity contribution in [1.29, 1.82) is 0 Å². The number of fused-ring (bicyclic) bond motifs is 1. The molecule has 3 rings (SSSR count). The molecule has 0 N–H and O–H groups in total. The van der Waals surface area contributed by atoms with Crippen LogP contribution in [0.25, 0.3) is 11.0 Å². The van der Waals surface area contributed by atoms with Crippen molar-refractivity contribution in [3.05, 3.63) is 45.7 Å². The second-order valence-corrected chi connectivity index (χ2v) is 6.59. The highest BCUT2D eigenvalue weighted by atomic mass is 35.5. The molecule has 0 fully saturated rings. The fraction of sp³-hybridized carbons (Fsp3) is 0.333. The van der Waals surface area contributed by atoms with Crippen LogP contribution in [0.1, 0.15) is 21.1 Å². The van der Waals surface area contributed by atoms with Crippen LogP contribution in [0.4, 0.5) is 0 Å². The fourth-order valence-corrected chi connectivity index (χ4v) is 3.58. The lowest BCUT2D eigenvalue weighted by Gasteiger charge is -2.06. The summed E-state index contributed by atoms with van der Waals surface area (Å²) >= 11 is 7.75. The Labute approximate surface area is 127 Å². The number of nitrogens with zero attached hydrogens (tertiary/aromatic N) is 3. The maximum Gasteiger partial charge on any atom is 0.111 e. The zero-order chi connectivity index (χ0) is 14.1. The Morgan fingerprint density at radius 3 is 2.90 bits per heavy atom. The summed E-state index contributed by atoms with van der Waals surface area (Å²) < 4.78 is 2.25. The van der Waals surface area contributed by atoms with Gasteiger partial charge in [-0.05, 0) is 31.5 Å². The summed E-state index contributed by atoms with van der Waals surface area (Å²) in [6.07, 6.45) is 4.41. The van der Waals surface area contributed by atoms with E-state index in [1.807, 2.05) is 29.8 Å². The van der Waals surface area contributed by atoms with E-state index >= 15 is 0 Å². The molecule has 0 saturated carbocycles. The van der Waals surface area contributed by atoms with Gasteiger partial charge >= 0.3 is 0 Å². The van der Waals surface area contributed by atoms with E-state index in [1.54, 1.807) is 0 Å². The maximum absolute atomic E-state index is 5.90. The van der Waals surface area contributed by atoms with Gasteiger partial charge in [-0.3, -0.25) is 4.98 Å². The number of imidazole rings is 1. The molecule has 0 aromatic carbocycles. The monoisotopic (exact) mass is 305 g/mol. The summed E-state index contributed by atoms with van der Waals surface area (Å²) in [5, 5.41) is 0. The lowest BCUT2D eigenvalue weighted by Crippen LogP contribution is -2.04. The van der Waals surface area contributed by atoms with E-state index in [4.69, 9.17) is 11.6 Å². The fourth-order valence-electron chi connectivity index (χ4n) is 2.37. The lowest BCUT2D eigenvalue weighted by molar-refractivity contribution is 0.763. The van der Waals surface area contributed by atoms with Crippen molar-refractivity contribution in [2.75, 3.05) is 5.88 Å². The molecule has 0 spiro atoms. The summed E-state index contributed by atoms with van der Waals surface area (Å²) in [6, 6.07) is 4.28. The Bertz CT molecular complexity index is 725. The van der Waals surface area contributed by atoms with E-state index in [9.17, 15) is 0 Å². The highest BCUT2D eigenvalue weighted by Crippen LogP contribution is 2.24. The summed E-state index contributed by atoms with van der Waals surface area (Å²) in [5.74, 6) is 1.62. The molecule has 0 aliphatic carbocycles. The van der Waals surface area contributed by atoms with Gasteiger partial charge in [0.25, 0.3) is 0 Å². The number of pyridine rings is 1. The van der Waals surface area contributed by atoms with Crippen LogP contribution in [-0.2, 0) is 13.0 Å². The highest BCUT2D eigenvalue weighted by Gasteiger charge is 2.12. The van der Waals surface area contributed by atoms with Crippen molar-refractivity contribution < 1.29 is 0 Å². The number of aryl methyl sites for hydroxylation is 3. The Hall–Kier alpha value is -1.39. The topological polar surface area (TPSA) is 30.7 Å². The van der Waals surface area contributed by atoms with E-state index in [-0.39, 0.29) is 0 Å². The third-order valence-corrected chi connectivity index (χ3v) is 4.80. The van der Waals surface area contributed by atoms with Gasteiger partial charge in [-0.25, -0.2) is 4.98 Å². The molecular formula is C15H16ClN3S. The Morgan fingerprint density at radius 2 is 2.20 bits per heavy atom. The van der Waals surface area contributed by atoms with Crippen molar-refractivity contribution in [3.8, 4) is 0 Å². The molecular weight excluding hydrogens is 290 g/mol. The third-order valence-electron chi connectivity index (χ3n) is 3.48. The van der Waals surface area contributed by atoms with Crippen LogP contribution in [0.2, 0.25) is 0 Å². The molecule has 3 heterocycles. The van der Waals surface area contributed by atoms with Gasteiger partial charge < -0.3 is 4.57 Å². The zero-order valence-electron chi connectivity index (χ0n) is 11.6. The molecule has 5 heteroatoms. The maximum atomic E-state index is 5.90. The first-order valence-electron chi connectivity index (χ1n) is 6.60. The first-order valence-corrected chi connectivity index (χ1v) is 7.95. The minimum Gasteiger partial charge on any atom is -0.323 e. The first-order chi connectivity index (χ1) is 9.69. The van der Waals surface area contributed by atoms with Crippen molar-refractivity contribution in [1.82, 2.24) is 14.5 Å². The number of alkyl halides is 1. The predicted molar refractivity (Wildman–Crippen MR) is 84.8 cm³/mol. The van der Waals surface area contributed by atoms with Gasteiger partial charge in [0.1, 0.15) is 11.3 Å². The molecule has 0 bridgehead atoms. The largest absolute Gasteiger partial charge is 0.323 e. The number of hydrogen-bond donors (Lipinski definition) is 0. The van der Waals surface area contributed by atoms with E-state index < -0.39 is 0 Å². The van der Waals surface area contributed by atoms with Crippen molar-refractivity contribution in [3.63, 3.8) is 0 Å². The summed E-state index contributed by atoms with van der Waals surface area (Å²) in [5.41, 5.74) is 3.43. The minimum absolute atomic E-state index is 0.583. The van der Waals surface area contributed by atoms with Gasteiger partial charge in [0.2, 0.25) is 0 Å². The number of aromatic nitrogens is 3. The highest BCUT2D eigenvalue weighted by molar-refractivity contribution is 7.12. The molecule has 3 aromatic heterocycles. The quantitative estimate of drug-likeness (QED) is 0.684. The molecule has 0 saturated heterocycles. The van der Waals surface area contributed by atoms with Gasteiger partial charge in [0.05, 0.1) is 18.3 Å². The third kappa shape index (κ3) is 2.45. The van der Waals surface area contributed by atoms with Crippen molar-refractivity contribution in [2.45, 2.75) is 26.8 Å². The minimum atomic E-state index is 0.583. The van der Waals surface area contributed by atoms with E-state index in [2.05, 4.69) is 34.4 Å². The Balaban J connectivity index is 2.06. The summed E-state index contributed by atoms with van der Waals surface area (Å²) in [4.78, 5) is 11.5. The normalized spacial score (nSPS) is 11.3. The Morgan fingerprint density at radius 1 is 1.35 bits per heavy atom. The molecule has 3 nitrogen and oxygen atoms in total. The molecule has 3 aromatic rings.